The molecule has 280 valence electrons. The van der Waals surface area contributed by atoms with Gasteiger partial charge in [-0.05, 0) is 53.5 Å². The maximum Gasteiger partial charge on any atom is 0.434 e. The van der Waals surface area contributed by atoms with E-state index in [0.29, 0.717) is 4.68 Å². The van der Waals surface area contributed by atoms with Crippen LogP contribution in [0.4, 0.5) is 28.3 Å². The predicted molar refractivity (Wildman–Crippen MR) is 180 cm³/mol. The van der Waals surface area contributed by atoms with Gasteiger partial charge in [0.1, 0.15) is 11.5 Å². The number of methoxy groups -OCH3 is 2. The number of benzene rings is 2. The lowest BCUT2D eigenvalue weighted by atomic mass is 10.1. The molecular weight excluding hydrogens is 812 g/mol. The number of carboxylic acids is 1. The number of anilines is 1. The van der Waals surface area contributed by atoms with Crippen molar-refractivity contribution in [3.05, 3.63) is 80.2 Å². The van der Waals surface area contributed by atoms with E-state index in [1.165, 1.54) is 44.6 Å². The molecule has 4 aromatic rings. The zero-order valence-electron chi connectivity index (χ0n) is 27.5. The second-order valence-electron chi connectivity index (χ2n) is 10.5. The minimum absolute atomic E-state index is 0.0320. The van der Waals surface area contributed by atoms with Crippen molar-refractivity contribution in [2.45, 2.75) is 31.9 Å². The molecule has 0 fully saturated rings. The summed E-state index contributed by atoms with van der Waals surface area (Å²) in [6.07, 6.45) is -5.14. The molecule has 22 heteroatoms. The fourth-order valence-electron chi connectivity index (χ4n) is 4.18. The van der Waals surface area contributed by atoms with E-state index in [1.807, 2.05) is 0 Å². The molecule has 2 aromatic carbocycles. The summed E-state index contributed by atoms with van der Waals surface area (Å²) in [5.41, 5.74) is -2.00. The SMILES string of the molecule is CC(C)OC(=O)c1cc(-c2nn(C)c(C(F)(F)F)c2Br)c(F)cc1Cl.COc1cc(OC)nc(NC(=O)NS(=O)(=O)Cc2ccccc2C(=O)O)n1. The number of alkyl halides is 3. The lowest BCUT2D eigenvalue weighted by molar-refractivity contribution is -0.144. The minimum Gasteiger partial charge on any atom is -0.481 e. The number of nitrogens with one attached hydrogen (secondary N) is 2. The van der Waals surface area contributed by atoms with Gasteiger partial charge < -0.3 is 19.3 Å². The third-order valence-corrected chi connectivity index (χ3v) is 8.55. The molecular formula is C30H28BrClF4N6O9S. The van der Waals surface area contributed by atoms with Gasteiger partial charge in [0.05, 0.1) is 52.8 Å². The second-order valence-corrected chi connectivity index (χ2v) is 13.4. The van der Waals surface area contributed by atoms with Crippen LogP contribution in [0.5, 0.6) is 11.8 Å². The van der Waals surface area contributed by atoms with E-state index >= 15 is 0 Å². The fourth-order valence-corrected chi connectivity index (χ4v) is 6.24. The first kappa shape index (κ1) is 41.4. The van der Waals surface area contributed by atoms with E-state index in [9.17, 15) is 40.4 Å². The third kappa shape index (κ3) is 10.7. The van der Waals surface area contributed by atoms with Crippen molar-refractivity contribution in [2.24, 2.45) is 7.05 Å². The Labute approximate surface area is 306 Å². The Balaban J connectivity index is 0.000000281. The molecule has 0 radical (unpaired) electrons. The van der Waals surface area contributed by atoms with E-state index in [-0.39, 0.29) is 50.7 Å². The van der Waals surface area contributed by atoms with Crippen molar-refractivity contribution < 1.29 is 59.7 Å². The van der Waals surface area contributed by atoms with Crippen molar-refractivity contribution in [3.63, 3.8) is 0 Å². The average Bonchev–Trinajstić information content (AvgIpc) is 3.33. The first-order valence-electron chi connectivity index (χ1n) is 14.3. The quantitative estimate of drug-likeness (QED) is 0.123. The monoisotopic (exact) mass is 838 g/mol. The number of amides is 2. The number of nitrogens with zero attached hydrogens (tertiary/aromatic N) is 4. The van der Waals surface area contributed by atoms with E-state index in [1.54, 1.807) is 18.6 Å². The van der Waals surface area contributed by atoms with E-state index in [0.717, 1.165) is 19.2 Å². The topological polar surface area (TPSA) is 201 Å². The predicted octanol–water partition coefficient (Wildman–Crippen LogP) is 6.07. The highest BCUT2D eigenvalue weighted by Gasteiger charge is 2.39. The first-order valence-corrected chi connectivity index (χ1v) is 17.1. The van der Waals surface area contributed by atoms with Crippen LogP contribution in [0.2, 0.25) is 5.02 Å². The summed E-state index contributed by atoms with van der Waals surface area (Å²) in [5, 5.41) is 14.7. The van der Waals surface area contributed by atoms with E-state index in [2.05, 4.69) is 36.3 Å². The molecule has 3 N–H and O–H groups in total. The number of carboxylic acid groups (broad SMARTS) is 1. The molecule has 0 unspecified atom stereocenters. The molecule has 0 atom stereocenters. The number of hydrogen-bond donors (Lipinski definition) is 3. The summed E-state index contributed by atoms with van der Waals surface area (Å²) in [7, 11) is -0.416. The number of halogens is 6. The number of rotatable bonds is 10. The summed E-state index contributed by atoms with van der Waals surface area (Å²) < 4.78 is 94.6. The van der Waals surface area contributed by atoms with Crippen LogP contribution in [-0.4, -0.2) is 71.6 Å². The maximum atomic E-state index is 14.3. The summed E-state index contributed by atoms with van der Waals surface area (Å²) in [6.45, 7) is 3.22. The lowest BCUT2D eigenvalue weighted by Gasteiger charge is -2.11. The zero-order chi connectivity index (χ0) is 39.1. The average molecular weight is 840 g/mol. The number of aromatic nitrogens is 4. The molecule has 0 aliphatic rings. The highest BCUT2D eigenvalue weighted by Crippen LogP contribution is 2.41. The fraction of sp³-hybridized carbons (Fsp3) is 0.267. The van der Waals surface area contributed by atoms with Gasteiger partial charge in [-0.2, -0.15) is 28.2 Å². The van der Waals surface area contributed by atoms with Crippen LogP contribution in [0.25, 0.3) is 11.3 Å². The van der Waals surface area contributed by atoms with Gasteiger partial charge in [-0.1, -0.05) is 29.8 Å². The van der Waals surface area contributed by atoms with Crippen LogP contribution in [0.3, 0.4) is 0 Å². The number of sulfonamides is 1. The van der Waals surface area contributed by atoms with Gasteiger partial charge in [0.2, 0.25) is 27.7 Å². The van der Waals surface area contributed by atoms with Crippen molar-refractivity contribution in [3.8, 4) is 23.0 Å². The molecule has 15 nitrogen and oxygen atoms in total. The van der Waals surface area contributed by atoms with Crippen molar-refractivity contribution in [1.82, 2.24) is 24.5 Å². The molecule has 2 aromatic heterocycles. The molecule has 0 saturated carbocycles. The molecule has 52 heavy (non-hydrogen) atoms. The van der Waals surface area contributed by atoms with Crippen LogP contribution < -0.4 is 19.5 Å². The number of esters is 1. The molecule has 0 spiro atoms. The molecule has 0 aliphatic carbocycles. The molecule has 0 saturated heterocycles. The van der Waals surface area contributed by atoms with Crippen molar-refractivity contribution in [1.29, 1.82) is 0 Å². The highest BCUT2D eigenvalue weighted by molar-refractivity contribution is 9.10. The van der Waals surface area contributed by atoms with Crippen LogP contribution in [-0.2, 0) is 33.7 Å². The van der Waals surface area contributed by atoms with Crippen LogP contribution in [0, 0.1) is 5.82 Å². The summed E-state index contributed by atoms with van der Waals surface area (Å²) >= 11 is 8.67. The first-order chi connectivity index (χ1) is 24.2. The summed E-state index contributed by atoms with van der Waals surface area (Å²) in [5.74, 6) is -3.77. The normalized spacial score (nSPS) is 11.3. The summed E-state index contributed by atoms with van der Waals surface area (Å²) in [6, 6.07) is 7.67. The van der Waals surface area contributed by atoms with Gasteiger partial charge in [0.25, 0.3) is 0 Å². The Kier molecular flexibility index (Phi) is 13.5. The number of aromatic carboxylic acids is 1. The number of hydrogen-bond acceptors (Lipinski definition) is 11. The van der Waals surface area contributed by atoms with E-state index < -0.39 is 62.0 Å². The molecule has 0 aliphatic heterocycles. The molecule has 4 rings (SSSR count). The highest BCUT2D eigenvalue weighted by atomic mass is 79.9. The van der Waals surface area contributed by atoms with Gasteiger partial charge in [0, 0.05) is 12.6 Å². The smallest absolute Gasteiger partial charge is 0.434 e. The van der Waals surface area contributed by atoms with Gasteiger partial charge in [0.15, 0.2) is 5.69 Å². The molecule has 2 heterocycles. The number of ether oxygens (including phenoxy) is 3. The van der Waals surface area contributed by atoms with Crippen LogP contribution in [0.1, 0.15) is 45.8 Å². The number of carbonyl (C=O) groups is 3. The largest absolute Gasteiger partial charge is 0.481 e. The van der Waals surface area contributed by atoms with Gasteiger partial charge in [-0.15, -0.1) is 0 Å². The third-order valence-electron chi connectivity index (χ3n) is 6.30. The zero-order valence-corrected chi connectivity index (χ0v) is 30.7. The standard InChI is InChI=1S/C15H12BrClF4N2O2.C15H16N4O7S/c1-6(2)25-14(24)7-4-8(10(18)5-9(7)17)12-11(16)13(15(19,20)21)23(3)22-12;1-25-11-7-12(26-2)17-14(16-11)18-15(22)19-27(23,24)8-9-5-3-4-6-10(9)13(20)21/h4-6H,1-3H3;3-7H,8H2,1-2H3,(H,20,21)(H2,16,17,18,19,22). The lowest BCUT2D eigenvalue weighted by Crippen LogP contribution is -2.36. The Morgan fingerprint density at radius 3 is 2.15 bits per heavy atom. The number of urea groups is 1. The van der Waals surface area contributed by atoms with Gasteiger partial charge in [-0.3, -0.25) is 10.00 Å². The number of aryl methyl sites for hydroxylation is 1. The maximum absolute atomic E-state index is 14.3. The Morgan fingerprint density at radius 2 is 1.63 bits per heavy atom. The van der Waals surface area contributed by atoms with Crippen molar-refractivity contribution in [2.75, 3.05) is 19.5 Å². The van der Waals surface area contributed by atoms with Crippen LogP contribution in [0.15, 0.2) is 46.9 Å². The molecule has 2 amide bonds. The van der Waals surface area contributed by atoms with E-state index in [4.69, 9.17) is 30.9 Å². The van der Waals surface area contributed by atoms with Gasteiger partial charge in [-0.25, -0.2) is 31.9 Å². The second kappa shape index (κ2) is 17.0. The van der Waals surface area contributed by atoms with Crippen LogP contribution >= 0.6 is 27.5 Å². The molecule has 0 bridgehead atoms. The van der Waals surface area contributed by atoms with Gasteiger partial charge >= 0.3 is 24.1 Å². The summed E-state index contributed by atoms with van der Waals surface area (Å²) in [4.78, 5) is 42.8. The Hall–Kier alpha value is -5.02. The Bertz CT molecular complexity index is 2080. The van der Waals surface area contributed by atoms with Crippen molar-refractivity contribution >= 4 is 61.5 Å². The minimum atomic E-state index is -4.69. The Morgan fingerprint density at radius 1 is 1.04 bits per heavy atom. The number of carbonyl (C=O) groups excluding carboxylic acids is 2.